The lowest BCUT2D eigenvalue weighted by Crippen LogP contribution is -2.26. The van der Waals surface area contributed by atoms with Gasteiger partial charge in [-0.05, 0) is 44.7 Å². The Labute approximate surface area is 150 Å². The molecule has 3 aromatic rings. The van der Waals surface area contributed by atoms with Gasteiger partial charge in [-0.2, -0.15) is 4.98 Å². The molecular formula is C18H21N3O3S. The summed E-state index contributed by atoms with van der Waals surface area (Å²) in [5, 5.41) is 8.94. The highest BCUT2D eigenvalue weighted by Crippen LogP contribution is 2.22. The first-order valence-electron chi connectivity index (χ1n) is 8.25. The fraction of sp³-hybridized carbons (Fsp3) is 0.389. The molecule has 3 heterocycles. The van der Waals surface area contributed by atoms with E-state index in [1.54, 1.807) is 11.3 Å². The van der Waals surface area contributed by atoms with Crippen LogP contribution in [-0.2, 0) is 11.2 Å². The number of thiophene rings is 1. The third-order valence-electron chi connectivity index (χ3n) is 3.93. The maximum atomic E-state index is 12.1. The molecule has 3 aromatic heterocycles. The Balaban J connectivity index is 1.46. The van der Waals surface area contributed by atoms with E-state index in [-0.39, 0.29) is 11.9 Å². The summed E-state index contributed by atoms with van der Waals surface area (Å²) in [7, 11) is 0. The highest BCUT2D eigenvalue weighted by Gasteiger charge is 2.15. The Kier molecular flexibility index (Phi) is 5.33. The van der Waals surface area contributed by atoms with Crippen LogP contribution < -0.4 is 5.32 Å². The monoisotopic (exact) mass is 359 g/mol. The van der Waals surface area contributed by atoms with Crippen LogP contribution in [0.15, 0.2) is 32.5 Å². The van der Waals surface area contributed by atoms with E-state index in [0.717, 1.165) is 22.0 Å². The molecule has 132 valence electrons. The number of hydrogen-bond acceptors (Lipinski definition) is 6. The van der Waals surface area contributed by atoms with Crippen LogP contribution >= 0.6 is 11.3 Å². The van der Waals surface area contributed by atoms with Gasteiger partial charge in [-0.15, -0.1) is 11.3 Å². The smallest absolute Gasteiger partial charge is 0.226 e. The van der Waals surface area contributed by atoms with Gasteiger partial charge in [-0.25, -0.2) is 0 Å². The first-order valence-corrected chi connectivity index (χ1v) is 9.13. The largest absolute Gasteiger partial charge is 0.466 e. The van der Waals surface area contributed by atoms with Gasteiger partial charge in [0, 0.05) is 18.4 Å². The zero-order chi connectivity index (χ0) is 17.8. The molecule has 0 aliphatic carbocycles. The number of aromatic nitrogens is 2. The first-order chi connectivity index (χ1) is 12.0. The van der Waals surface area contributed by atoms with Gasteiger partial charge >= 0.3 is 0 Å². The second kappa shape index (κ2) is 7.65. The summed E-state index contributed by atoms with van der Waals surface area (Å²) in [6.45, 7) is 5.77. The number of aryl methyl sites for hydroxylation is 3. The summed E-state index contributed by atoms with van der Waals surface area (Å²) in [6, 6.07) is 5.79. The van der Waals surface area contributed by atoms with Gasteiger partial charge in [-0.3, -0.25) is 4.79 Å². The van der Waals surface area contributed by atoms with Gasteiger partial charge in [-0.1, -0.05) is 11.2 Å². The molecule has 1 amide bonds. The summed E-state index contributed by atoms with van der Waals surface area (Å²) in [6.07, 6.45) is 1.66. The molecule has 1 N–H and O–H groups in total. The van der Waals surface area contributed by atoms with E-state index in [0.29, 0.717) is 31.0 Å². The Bertz CT molecular complexity index is 836. The van der Waals surface area contributed by atoms with Crippen LogP contribution in [-0.4, -0.2) is 16.0 Å². The lowest BCUT2D eigenvalue weighted by Gasteiger charge is -2.12. The zero-order valence-corrected chi connectivity index (χ0v) is 15.4. The molecule has 0 aliphatic heterocycles. The topological polar surface area (TPSA) is 81.2 Å². The summed E-state index contributed by atoms with van der Waals surface area (Å²) >= 11 is 1.57. The number of carbonyl (C=O) groups excluding carboxylic acids is 1. The Morgan fingerprint density at radius 2 is 2.24 bits per heavy atom. The SMILES string of the molecule is Cc1cc(C(C)NC(=O)CCCc2nc(-c3cccs3)no2)c(C)o1. The predicted molar refractivity (Wildman–Crippen MR) is 95.3 cm³/mol. The molecule has 0 radical (unpaired) electrons. The number of hydrogen-bond donors (Lipinski definition) is 1. The van der Waals surface area contributed by atoms with Crippen molar-refractivity contribution in [2.45, 2.75) is 46.1 Å². The van der Waals surface area contributed by atoms with E-state index in [9.17, 15) is 4.79 Å². The van der Waals surface area contributed by atoms with Gasteiger partial charge in [0.15, 0.2) is 0 Å². The van der Waals surface area contributed by atoms with Crippen molar-refractivity contribution in [3.63, 3.8) is 0 Å². The number of nitrogens with zero attached hydrogens (tertiary/aromatic N) is 2. The molecular weight excluding hydrogens is 338 g/mol. The Morgan fingerprint density at radius 3 is 2.92 bits per heavy atom. The van der Waals surface area contributed by atoms with Crippen molar-refractivity contribution in [2.24, 2.45) is 0 Å². The van der Waals surface area contributed by atoms with Gasteiger partial charge in [0.2, 0.25) is 17.6 Å². The van der Waals surface area contributed by atoms with Crippen molar-refractivity contribution < 1.29 is 13.7 Å². The minimum absolute atomic E-state index is 0.00347. The molecule has 1 unspecified atom stereocenters. The molecule has 25 heavy (non-hydrogen) atoms. The molecule has 6 nitrogen and oxygen atoms in total. The molecule has 1 atom stereocenters. The van der Waals surface area contributed by atoms with Gasteiger partial charge < -0.3 is 14.3 Å². The number of furan rings is 1. The highest BCUT2D eigenvalue weighted by atomic mass is 32.1. The fourth-order valence-corrected chi connectivity index (χ4v) is 3.38. The summed E-state index contributed by atoms with van der Waals surface area (Å²) < 4.78 is 10.8. The molecule has 0 spiro atoms. The van der Waals surface area contributed by atoms with E-state index in [1.165, 1.54) is 0 Å². The molecule has 0 saturated heterocycles. The average molecular weight is 359 g/mol. The second-order valence-electron chi connectivity index (χ2n) is 6.00. The lowest BCUT2D eigenvalue weighted by molar-refractivity contribution is -0.121. The number of carbonyl (C=O) groups is 1. The maximum absolute atomic E-state index is 12.1. The first kappa shape index (κ1) is 17.4. The average Bonchev–Trinajstić information content (AvgIpc) is 3.27. The maximum Gasteiger partial charge on any atom is 0.226 e. The fourth-order valence-electron chi connectivity index (χ4n) is 2.73. The third-order valence-corrected chi connectivity index (χ3v) is 4.79. The summed E-state index contributed by atoms with van der Waals surface area (Å²) in [4.78, 5) is 17.5. The summed E-state index contributed by atoms with van der Waals surface area (Å²) in [5.41, 5.74) is 1.02. The standard InChI is InChI=1S/C18H21N3O3S/c1-11-10-14(13(3)23-11)12(2)19-16(22)7-4-8-17-20-18(21-24-17)15-6-5-9-25-15/h5-6,9-10,12H,4,7-8H2,1-3H3,(H,19,22). The molecule has 0 aromatic carbocycles. The van der Waals surface area contributed by atoms with Gasteiger partial charge in [0.1, 0.15) is 11.5 Å². The van der Waals surface area contributed by atoms with E-state index >= 15 is 0 Å². The van der Waals surface area contributed by atoms with Crippen molar-refractivity contribution >= 4 is 17.2 Å². The van der Waals surface area contributed by atoms with Gasteiger partial charge in [0.05, 0.1) is 10.9 Å². The van der Waals surface area contributed by atoms with Crippen LogP contribution in [0.3, 0.4) is 0 Å². The zero-order valence-electron chi connectivity index (χ0n) is 14.5. The van der Waals surface area contributed by atoms with Crippen LogP contribution in [0.5, 0.6) is 0 Å². The van der Waals surface area contributed by atoms with Crippen LogP contribution in [0, 0.1) is 13.8 Å². The van der Waals surface area contributed by atoms with E-state index in [4.69, 9.17) is 8.94 Å². The van der Waals surface area contributed by atoms with Crippen LogP contribution in [0.25, 0.3) is 10.7 Å². The van der Waals surface area contributed by atoms with E-state index in [1.807, 2.05) is 44.4 Å². The van der Waals surface area contributed by atoms with Crippen molar-refractivity contribution in [3.05, 3.63) is 46.6 Å². The summed E-state index contributed by atoms with van der Waals surface area (Å²) in [5.74, 6) is 2.87. The lowest BCUT2D eigenvalue weighted by atomic mass is 10.1. The van der Waals surface area contributed by atoms with Crippen molar-refractivity contribution in [2.75, 3.05) is 0 Å². The van der Waals surface area contributed by atoms with Crippen molar-refractivity contribution in [3.8, 4) is 10.7 Å². The Hall–Kier alpha value is -2.41. The second-order valence-corrected chi connectivity index (χ2v) is 6.95. The number of rotatable bonds is 7. The molecule has 0 saturated carbocycles. The quantitative estimate of drug-likeness (QED) is 0.683. The number of amides is 1. The van der Waals surface area contributed by atoms with Crippen LogP contribution in [0.4, 0.5) is 0 Å². The highest BCUT2D eigenvalue weighted by molar-refractivity contribution is 7.13. The molecule has 7 heteroatoms. The van der Waals surface area contributed by atoms with E-state index in [2.05, 4.69) is 15.5 Å². The third kappa shape index (κ3) is 4.36. The number of nitrogens with one attached hydrogen (secondary N) is 1. The normalized spacial score (nSPS) is 12.3. The Morgan fingerprint density at radius 1 is 1.40 bits per heavy atom. The van der Waals surface area contributed by atoms with E-state index < -0.39 is 0 Å². The molecule has 0 bridgehead atoms. The minimum atomic E-state index is -0.0706. The van der Waals surface area contributed by atoms with Crippen molar-refractivity contribution in [1.82, 2.24) is 15.5 Å². The predicted octanol–water partition coefficient (Wildman–Crippen LogP) is 4.21. The molecule has 0 fully saturated rings. The van der Waals surface area contributed by atoms with Crippen molar-refractivity contribution in [1.29, 1.82) is 0 Å². The van der Waals surface area contributed by atoms with Crippen LogP contribution in [0.1, 0.15) is 48.8 Å². The molecule has 3 rings (SSSR count). The minimum Gasteiger partial charge on any atom is -0.466 e. The van der Waals surface area contributed by atoms with Gasteiger partial charge in [0.25, 0.3) is 0 Å². The molecule has 0 aliphatic rings. The van der Waals surface area contributed by atoms with Crippen LogP contribution in [0.2, 0.25) is 0 Å².